The summed E-state index contributed by atoms with van der Waals surface area (Å²) in [6.07, 6.45) is 0.731. The molecule has 2 N–H and O–H groups in total. The molecule has 0 radical (unpaired) electrons. The number of nitrogens with zero attached hydrogens (tertiary/aromatic N) is 2. The fourth-order valence-electron chi connectivity index (χ4n) is 1.75. The summed E-state index contributed by atoms with van der Waals surface area (Å²) in [7, 11) is 0. The van der Waals surface area contributed by atoms with Crippen molar-refractivity contribution in [3.05, 3.63) is 41.1 Å². The molecule has 0 spiro atoms. The average molecular weight is 261 g/mol. The van der Waals surface area contributed by atoms with Crippen LogP contribution in [-0.4, -0.2) is 10.2 Å². The van der Waals surface area contributed by atoms with Gasteiger partial charge in [0.15, 0.2) is 6.61 Å². The molecule has 2 aromatic rings. The van der Waals surface area contributed by atoms with E-state index in [9.17, 15) is 0 Å². The van der Waals surface area contributed by atoms with Crippen LogP contribution in [-0.2, 0) is 13.0 Å². The second kappa shape index (κ2) is 5.84. The second-order valence-corrected chi connectivity index (χ2v) is 4.55. The highest BCUT2D eigenvalue weighted by atomic mass is 16.5. The molecule has 0 aliphatic rings. The first-order valence-electron chi connectivity index (χ1n) is 6.40. The summed E-state index contributed by atoms with van der Waals surface area (Å²) >= 11 is 0. The standard InChI is InChI=1S/C14H19N3O2/c1-4-13-16-17-14(19-13)8-18-12-6-5-11(10(3)15)7-9(12)2/h5-7,10H,4,8,15H2,1-3H3/t10-/m0/s1. The number of aromatic nitrogens is 2. The van der Waals surface area contributed by atoms with Crippen LogP contribution in [0.4, 0.5) is 0 Å². The molecule has 1 aromatic heterocycles. The van der Waals surface area contributed by atoms with E-state index >= 15 is 0 Å². The molecule has 102 valence electrons. The topological polar surface area (TPSA) is 74.2 Å². The minimum absolute atomic E-state index is 0.0239. The number of hydrogen-bond donors (Lipinski definition) is 1. The van der Waals surface area contributed by atoms with E-state index < -0.39 is 0 Å². The van der Waals surface area contributed by atoms with Gasteiger partial charge in [-0.25, -0.2) is 0 Å². The highest BCUT2D eigenvalue weighted by molar-refractivity contribution is 5.37. The van der Waals surface area contributed by atoms with Gasteiger partial charge in [-0.15, -0.1) is 10.2 Å². The predicted octanol–water partition coefficient (Wildman–Crippen LogP) is 2.54. The van der Waals surface area contributed by atoms with Crippen LogP contribution in [0.15, 0.2) is 22.6 Å². The summed E-state index contributed by atoms with van der Waals surface area (Å²) < 4.78 is 11.1. The lowest BCUT2D eigenvalue weighted by Crippen LogP contribution is -2.05. The van der Waals surface area contributed by atoms with Crippen molar-refractivity contribution in [2.24, 2.45) is 5.73 Å². The monoisotopic (exact) mass is 261 g/mol. The zero-order chi connectivity index (χ0) is 13.8. The zero-order valence-electron chi connectivity index (χ0n) is 11.5. The smallest absolute Gasteiger partial charge is 0.253 e. The van der Waals surface area contributed by atoms with Gasteiger partial charge in [-0.3, -0.25) is 0 Å². The lowest BCUT2D eigenvalue weighted by molar-refractivity contribution is 0.257. The molecule has 0 amide bonds. The fraction of sp³-hybridized carbons (Fsp3) is 0.429. The van der Waals surface area contributed by atoms with Crippen LogP contribution in [0.2, 0.25) is 0 Å². The summed E-state index contributed by atoms with van der Waals surface area (Å²) in [5.41, 5.74) is 7.98. The number of ether oxygens (including phenoxy) is 1. The third kappa shape index (κ3) is 3.32. The molecule has 1 heterocycles. The van der Waals surface area contributed by atoms with Gasteiger partial charge in [-0.05, 0) is 31.0 Å². The van der Waals surface area contributed by atoms with Gasteiger partial charge < -0.3 is 14.9 Å². The molecule has 19 heavy (non-hydrogen) atoms. The van der Waals surface area contributed by atoms with Crippen LogP contribution in [0, 0.1) is 6.92 Å². The molecule has 2 rings (SSSR count). The average Bonchev–Trinajstić information content (AvgIpc) is 2.85. The quantitative estimate of drug-likeness (QED) is 0.895. The lowest BCUT2D eigenvalue weighted by atomic mass is 10.1. The van der Waals surface area contributed by atoms with Gasteiger partial charge in [0.05, 0.1) is 0 Å². The predicted molar refractivity (Wildman–Crippen MR) is 71.8 cm³/mol. The fourth-order valence-corrected chi connectivity index (χ4v) is 1.75. The van der Waals surface area contributed by atoms with Crippen molar-refractivity contribution in [2.75, 3.05) is 0 Å². The minimum atomic E-state index is 0.0239. The Hall–Kier alpha value is -1.88. The Morgan fingerprint density at radius 2 is 2.05 bits per heavy atom. The van der Waals surface area contributed by atoms with Crippen LogP contribution in [0.5, 0.6) is 5.75 Å². The summed E-state index contributed by atoms with van der Waals surface area (Å²) in [5.74, 6) is 1.93. The van der Waals surface area contributed by atoms with E-state index in [4.69, 9.17) is 14.9 Å². The molecule has 1 aromatic carbocycles. The van der Waals surface area contributed by atoms with Gasteiger partial charge in [-0.2, -0.15) is 0 Å². The van der Waals surface area contributed by atoms with Crippen molar-refractivity contribution < 1.29 is 9.15 Å². The summed E-state index contributed by atoms with van der Waals surface area (Å²) in [6.45, 7) is 6.20. The Balaban J connectivity index is 2.03. The molecular weight excluding hydrogens is 242 g/mol. The van der Waals surface area contributed by atoms with Crippen LogP contribution >= 0.6 is 0 Å². The second-order valence-electron chi connectivity index (χ2n) is 4.55. The van der Waals surface area contributed by atoms with E-state index in [2.05, 4.69) is 10.2 Å². The Morgan fingerprint density at radius 1 is 1.32 bits per heavy atom. The molecule has 0 fully saturated rings. The lowest BCUT2D eigenvalue weighted by Gasteiger charge is -2.11. The molecule has 0 saturated carbocycles. The number of nitrogens with two attached hydrogens (primary N) is 1. The maximum Gasteiger partial charge on any atom is 0.253 e. The first-order chi connectivity index (χ1) is 9.10. The van der Waals surface area contributed by atoms with Crippen molar-refractivity contribution in [3.8, 4) is 5.75 Å². The molecule has 0 unspecified atom stereocenters. The Morgan fingerprint density at radius 3 is 2.63 bits per heavy atom. The van der Waals surface area contributed by atoms with Gasteiger partial charge in [0.2, 0.25) is 5.89 Å². The summed E-state index contributed by atoms with van der Waals surface area (Å²) in [5, 5.41) is 7.81. The first kappa shape index (κ1) is 13.5. The normalized spacial score (nSPS) is 12.4. The molecule has 0 saturated heterocycles. The van der Waals surface area contributed by atoms with Crippen molar-refractivity contribution >= 4 is 0 Å². The largest absolute Gasteiger partial charge is 0.484 e. The van der Waals surface area contributed by atoms with Crippen molar-refractivity contribution in [3.63, 3.8) is 0 Å². The van der Waals surface area contributed by atoms with E-state index in [1.165, 1.54) is 0 Å². The molecule has 5 heteroatoms. The molecule has 1 atom stereocenters. The highest BCUT2D eigenvalue weighted by Crippen LogP contribution is 2.22. The molecule has 0 aliphatic carbocycles. The minimum Gasteiger partial charge on any atom is -0.484 e. The molecule has 0 bridgehead atoms. The SMILES string of the molecule is CCc1nnc(COc2ccc([C@H](C)N)cc2C)o1. The molecule has 0 aliphatic heterocycles. The van der Waals surface area contributed by atoms with Crippen LogP contribution in [0.25, 0.3) is 0 Å². The highest BCUT2D eigenvalue weighted by Gasteiger charge is 2.08. The zero-order valence-corrected chi connectivity index (χ0v) is 11.5. The third-order valence-corrected chi connectivity index (χ3v) is 2.89. The van der Waals surface area contributed by atoms with Gasteiger partial charge in [0.25, 0.3) is 5.89 Å². The Bertz CT molecular complexity index is 549. The molecule has 5 nitrogen and oxygen atoms in total. The van der Waals surface area contributed by atoms with Gasteiger partial charge in [-0.1, -0.05) is 19.1 Å². The number of benzene rings is 1. The van der Waals surface area contributed by atoms with Crippen molar-refractivity contribution in [2.45, 2.75) is 39.8 Å². The maximum absolute atomic E-state index is 5.84. The van der Waals surface area contributed by atoms with E-state index in [0.29, 0.717) is 11.8 Å². The van der Waals surface area contributed by atoms with Crippen LogP contribution in [0.1, 0.15) is 42.8 Å². The maximum atomic E-state index is 5.84. The van der Waals surface area contributed by atoms with Gasteiger partial charge >= 0.3 is 0 Å². The van der Waals surface area contributed by atoms with E-state index in [1.54, 1.807) is 0 Å². The van der Waals surface area contributed by atoms with E-state index in [0.717, 1.165) is 23.3 Å². The van der Waals surface area contributed by atoms with Crippen LogP contribution in [0.3, 0.4) is 0 Å². The summed E-state index contributed by atoms with van der Waals surface area (Å²) in [6, 6.07) is 5.95. The Kier molecular flexibility index (Phi) is 4.16. The van der Waals surface area contributed by atoms with Crippen LogP contribution < -0.4 is 10.5 Å². The number of hydrogen-bond acceptors (Lipinski definition) is 5. The van der Waals surface area contributed by atoms with E-state index in [1.807, 2.05) is 39.0 Å². The summed E-state index contributed by atoms with van der Waals surface area (Å²) in [4.78, 5) is 0. The van der Waals surface area contributed by atoms with E-state index in [-0.39, 0.29) is 12.6 Å². The van der Waals surface area contributed by atoms with Crippen molar-refractivity contribution in [1.29, 1.82) is 0 Å². The number of aryl methyl sites for hydroxylation is 2. The van der Waals surface area contributed by atoms with Gasteiger partial charge in [0, 0.05) is 12.5 Å². The van der Waals surface area contributed by atoms with Gasteiger partial charge in [0.1, 0.15) is 5.75 Å². The Labute approximate surface area is 112 Å². The number of rotatable bonds is 5. The third-order valence-electron chi connectivity index (χ3n) is 2.89. The first-order valence-corrected chi connectivity index (χ1v) is 6.40. The molecular formula is C14H19N3O2. The van der Waals surface area contributed by atoms with Crippen molar-refractivity contribution in [1.82, 2.24) is 10.2 Å².